The SMILES string of the molecule is O=c1c(I)c(OCc2ccccc2)ncn1Cc1cccc(F)c1. The minimum Gasteiger partial charge on any atom is -0.472 e. The van der Waals surface area contributed by atoms with Crippen molar-refractivity contribution in [1.29, 1.82) is 0 Å². The number of hydrogen-bond acceptors (Lipinski definition) is 3. The van der Waals surface area contributed by atoms with E-state index in [1.54, 1.807) is 12.1 Å². The Hall–Kier alpha value is -2.22. The molecule has 1 heterocycles. The van der Waals surface area contributed by atoms with Crippen LogP contribution in [0.15, 0.2) is 65.7 Å². The summed E-state index contributed by atoms with van der Waals surface area (Å²) in [6, 6.07) is 15.8. The zero-order valence-corrected chi connectivity index (χ0v) is 14.8. The molecular formula is C18H14FIN2O2. The van der Waals surface area contributed by atoms with Crippen LogP contribution in [-0.4, -0.2) is 9.55 Å². The maximum atomic E-state index is 13.3. The summed E-state index contributed by atoms with van der Waals surface area (Å²) < 4.78 is 20.7. The number of benzene rings is 2. The normalized spacial score (nSPS) is 10.6. The molecule has 122 valence electrons. The summed E-state index contributed by atoms with van der Waals surface area (Å²) in [7, 11) is 0. The van der Waals surface area contributed by atoms with Gasteiger partial charge < -0.3 is 4.74 Å². The molecule has 0 bridgehead atoms. The highest BCUT2D eigenvalue weighted by Crippen LogP contribution is 2.15. The molecule has 0 atom stereocenters. The lowest BCUT2D eigenvalue weighted by atomic mass is 10.2. The highest BCUT2D eigenvalue weighted by Gasteiger charge is 2.11. The second kappa shape index (κ2) is 7.57. The molecule has 0 unspecified atom stereocenters. The third kappa shape index (κ3) is 4.00. The molecule has 0 saturated heterocycles. The van der Waals surface area contributed by atoms with Crippen LogP contribution >= 0.6 is 22.6 Å². The molecule has 1 aromatic heterocycles. The average Bonchev–Trinajstić information content (AvgIpc) is 2.59. The van der Waals surface area contributed by atoms with E-state index in [4.69, 9.17) is 4.74 Å². The van der Waals surface area contributed by atoms with Crippen LogP contribution in [0.5, 0.6) is 5.88 Å². The van der Waals surface area contributed by atoms with Gasteiger partial charge in [-0.25, -0.2) is 9.37 Å². The molecule has 0 radical (unpaired) electrons. The minimum atomic E-state index is -0.328. The van der Waals surface area contributed by atoms with Gasteiger partial charge in [0.2, 0.25) is 5.88 Å². The van der Waals surface area contributed by atoms with Crippen LogP contribution in [0.3, 0.4) is 0 Å². The number of hydrogen-bond donors (Lipinski definition) is 0. The van der Waals surface area contributed by atoms with Gasteiger partial charge in [0, 0.05) is 0 Å². The van der Waals surface area contributed by atoms with Gasteiger partial charge in [0.25, 0.3) is 5.56 Å². The van der Waals surface area contributed by atoms with Crippen molar-refractivity contribution in [2.24, 2.45) is 0 Å². The van der Waals surface area contributed by atoms with Crippen LogP contribution in [0.2, 0.25) is 0 Å². The van der Waals surface area contributed by atoms with Crippen LogP contribution in [0, 0.1) is 9.39 Å². The van der Waals surface area contributed by atoms with Gasteiger partial charge in [-0.15, -0.1) is 0 Å². The molecule has 3 aromatic rings. The fourth-order valence-electron chi connectivity index (χ4n) is 2.22. The van der Waals surface area contributed by atoms with Crippen molar-refractivity contribution in [3.8, 4) is 5.88 Å². The first-order chi connectivity index (χ1) is 11.6. The predicted molar refractivity (Wildman–Crippen MR) is 97.5 cm³/mol. The van der Waals surface area contributed by atoms with E-state index in [2.05, 4.69) is 4.98 Å². The Labute approximate surface area is 152 Å². The van der Waals surface area contributed by atoms with Crippen molar-refractivity contribution in [3.63, 3.8) is 0 Å². The lowest BCUT2D eigenvalue weighted by molar-refractivity contribution is 0.289. The molecule has 6 heteroatoms. The Morgan fingerprint density at radius 1 is 1.08 bits per heavy atom. The molecule has 0 aliphatic carbocycles. The highest BCUT2D eigenvalue weighted by molar-refractivity contribution is 14.1. The summed E-state index contributed by atoms with van der Waals surface area (Å²) in [4.78, 5) is 16.6. The van der Waals surface area contributed by atoms with E-state index < -0.39 is 0 Å². The lowest BCUT2D eigenvalue weighted by Gasteiger charge is -2.10. The maximum Gasteiger partial charge on any atom is 0.271 e. The standard InChI is InChI=1S/C18H14FIN2O2/c19-15-8-4-7-14(9-15)10-22-12-21-17(16(20)18(22)23)24-11-13-5-2-1-3-6-13/h1-9,12H,10-11H2. The van der Waals surface area contributed by atoms with E-state index in [1.807, 2.05) is 52.9 Å². The van der Waals surface area contributed by atoms with Gasteiger partial charge in [-0.1, -0.05) is 42.5 Å². The molecule has 0 fully saturated rings. The van der Waals surface area contributed by atoms with E-state index in [0.717, 1.165) is 5.56 Å². The number of rotatable bonds is 5. The third-order valence-corrected chi connectivity index (χ3v) is 4.33. The second-order valence-electron chi connectivity index (χ2n) is 5.20. The lowest BCUT2D eigenvalue weighted by Crippen LogP contribution is -2.24. The van der Waals surface area contributed by atoms with E-state index in [9.17, 15) is 9.18 Å². The largest absolute Gasteiger partial charge is 0.472 e. The predicted octanol–water partition coefficient (Wildman–Crippen LogP) is 3.61. The summed E-state index contributed by atoms with van der Waals surface area (Å²) >= 11 is 1.93. The monoisotopic (exact) mass is 436 g/mol. The second-order valence-corrected chi connectivity index (χ2v) is 6.28. The third-order valence-electron chi connectivity index (χ3n) is 3.41. The molecule has 0 saturated carbocycles. The molecule has 2 aromatic carbocycles. The fourth-order valence-corrected chi connectivity index (χ4v) is 2.82. The van der Waals surface area contributed by atoms with Crippen LogP contribution in [0.1, 0.15) is 11.1 Å². The summed E-state index contributed by atoms with van der Waals surface area (Å²) in [5.41, 5.74) is 1.49. The first-order valence-corrected chi connectivity index (χ1v) is 8.37. The first-order valence-electron chi connectivity index (χ1n) is 7.29. The van der Waals surface area contributed by atoms with Crippen LogP contribution in [-0.2, 0) is 13.2 Å². The summed E-state index contributed by atoms with van der Waals surface area (Å²) in [5.74, 6) is -0.0223. The van der Waals surface area contributed by atoms with Crippen molar-refractivity contribution in [2.45, 2.75) is 13.2 Å². The van der Waals surface area contributed by atoms with Gasteiger partial charge in [0.05, 0.1) is 6.54 Å². The smallest absolute Gasteiger partial charge is 0.271 e. The molecule has 0 N–H and O–H groups in total. The van der Waals surface area contributed by atoms with Crippen LogP contribution in [0.25, 0.3) is 0 Å². The van der Waals surface area contributed by atoms with Gasteiger partial charge in [0.15, 0.2) is 0 Å². The number of halogens is 2. The summed E-state index contributed by atoms with van der Waals surface area (Å²) in [6.45, 7) is 0.607. The number of nitrogens with zero attached hydrogens (tertiary/aromatic N) is 2. The first kappa shape index (κ1) is 16.6. The Bertz CT molecular complexity index is 897. The molecule has 4 nitrogen and oxygen atoms in total. The Kier molecular flexibility index (Phi) is 5.24. The van der Waals surface area contributed by atoms with Gasteiger partial charge in [-0.05, 0) is 45.9 Å². The molecular weight excluding hydrogens is 422 g/mol. The zero-order valence-electron chi connectivity index (χ0n) is 12.7. The van der Waals surface area contributed by atoms with E-state index in [1.165, 1.54) is 23.0 Å². The highest BCUT2D eigenvalue weighted by atomic mass is 127. The Morgan fingerprint density at radius 2 is 1.83 bits per heavy atom. The molecule has 0 amide bonds. The Morgan fingerprint density at radius 3 is 2.58 bits per heavy atom. The molecule has 3 rings (SSSR count). The van der Waals surface area contributed by atoms with E-state index in [0.29, 0.717) is 21.6 Å². The van der Waals surface area contributed by atoms with Crippen molar-refractivity contribution in [3.05, 3.63) is 91.8 Å². The molecule has 0 aliphatic rings. The summed E-state index contributed by atoms with van der Waals surface area (Å²) in [6.07, 6.45) is 1.43. The zero-order chi connectivity index (χ0) is 16.9. The van der Waals surface area contributed by atoms with E-state index in [-0.39, 0.29) is 17.9 Å². The van der Waals surface area contributed by atoms with Gasteiger partial charge in [0.1, 0.15) is 22.3 Å². The van der Waals surface area contributed by atoms with Gasteiger partial charge in [-0.2, -0.15) is 0 Å². The molecule has 0 aliphatic heterocycles. The minimum absolute atomic E-state index is 0.210. The van der Waals surface area contributed by atoms with E-state index >= 15 is 0 Å². The van der Waals surface area contributed by atoms with Gasteiger partial charge >= 0.3 is 0 Å². The Balaban J connectivity index is 1.77. The van der Waals surface area contributed by atoms with Crippen molar-refractivity contribution in [1.82, 2.24) is 9.55 Å². The topological polar surface area (TPSA) is 44.1 Å². The number of ether oxygens (including phenoxy) is 1. The van der Waals surface area contributed by atoms with Crippen molar-refractivity contribution < 1.29 is 9.13 Å². The van der Waals surface area contributed by atoms with Crippen molar-refractivity contribution in [2.75, 3.05) is 0 Å². The average molecular weight is 436 g/mol. The fraction of sp³-hybridized carbons (Fsp3) is 0.111. The van der Waals surface area contributed by atoms with Crippen LogP contribution < -0.4 is 10.3 Å². The molecule has 0 spiro atoms. The van der Waals surface area contributed by atoms with Crippen molar-refractivity contribution >= 4 is 22.6 Å². The number of aromatic nitrogens is 2. The maximum absolute atomic E-state index is 13.3. The molecule has 24 heavy (non-hydrogen) atoms. The van der Waals surface area contributed by atoms with Gasteiger partial charge in [-0.3, -0.25) is 9.36 Å². The summed E-state index contributed by atoms with van der Waals surface area (Å²) in [5, 5.41) is 0. The quantitative estimate of drug-likeness (QED) is 0.575. The van der Waals surface area contributed by atoms with Crippen LogP contribution in [0.4, 0.5) is 4.39 Å².